The zero-order chi connectivity index (χ0) is 20.0. The van der Waals surface area contributed by atoms with Gasteiger partial charge in [0.15, 0.2) is 5.96 Å². The van der Waals surface area contributed by atoms with Crippen LogP contribution in [0.5, 0.6) is 5.75 Å². The fourth-order valence-electron chi connectivity index (χ4n) is 3.02. The number of hydrogen-bond acceptors (Lipinski definition) is 4. The fraction of sp³-hybridized carbons (Fsp3) is 0.556. The highest BCUT2D eigenvalue weighted by atomic mass is 127. The molecule has 158 valence electrons. The van der Waals surface area contributed by atoms with Crippen LogP contribution in [-0.4, -0.2) is 57.2 Å². The Balaban J connectivity index is 0.00000392. The summed E-state index contributed by atoms with van der Waals surface area (Å²) in [7, 11) is 3.00. The van der Waals surface area contributed by atoms with Gasteiger partial charge in [-0.15, -0.1) is 24.0 Å². The van der Waals surface area contributed by atoms with Crippen molar-refractivity contribution >= 4 is 35.9 Å². The van der Waals surface area contributed by atoms with E-state index in [2.05, 4.69) is 10.3 Å². The van der Waals surface area contributed by atoms with Crippen LogP contribution in [-0.2, 0) is 15.7 Å². The minimum Gasteiger partial charge on any atom is -0.492 e. The van der Waals surface area contributed by atoms with Crippen LogP contribution < -0.4 is 10.1 Å². The molecule has 0 radical (unpaired) electrons. The summed E-state index contributed by atoms with van der Waals surface area (Å²) in [6, 6.07) is 4.76. The third kappa shape index (κ3) is 6.42. The largest absolute Gasteiger partial charge is 0.492 e. The lowest BCUT2D eigenvalue weighted by atomic mass is 9.99. The number of aliphatic imine (C=N–C) groups is 1. The van der Waals surface area contributed by atoms with Crippen LogP contribution in [0.2, 0.25) is 0 Å². The molecule has 1 aliphatic heterocycles. The summed E-state index contributed by atoms with van der Waals surface area (Å²) < 4.78 is 48.3. The Morgan fingerprint density at radius 1 is 1.36 bits per heavy atom. The van der Waals surface area contributed by atoms with Crippen LogP contribution in [0.1, 0.15) is 12.5 Å². The predicted molar refractivity (Wildman–Crippen MR) is 110 cm³/mol. The molecule has 1 fully saturated rings. The molecule has 1 heterocycles. The van der Waals surface area contributed by atoms with Crippen molar-refractivity contribution in [2.45, 2.75) is 13.1 Å². The number of nitrogens with one attached hydrogen (secondary N) is 1. The summed E-state index contributed by atoms with van der Waals surface area (Å²) >= 11 is 0. The van der Waals surface area contributed by atoms with Gasteiger partial charge in [0.1, 0.15) is 12.4 Å². The van der Waals surface area contributed by atoms with Crippen molar-refractivity contribution in [2.24, 2.45) is 16.8 Å². The van der Waals surface area contributed by atoms with E-state index >= 15 is 0 Å². The number of carbonyl (C=O) groups excluding carboxylic acids is 1. The molecular formula is C18H25F3IN3O3. The van der Waals surface area contributed by atoms with Gasteiger partial charge in [-0.3, -0.25) is 9.79 Å². The topological polar surface area (TPSA) is 63.2 Å². The quantitative estimate of drug-likeness (QED) is 0.215. The zero-order valence-corrected chi connectivity index (χ0v) is 18.3. The van der Waals surface area contributed by atoms with Gasteiger partial charge in [-0.25, -0.2) is 0 Å². The van der Waals surface area contributed by atoms with Gasteiger partial charge in [0.2, 0.25) is 0 Å². The summed E-state index contributed by atoms with van der Waals surface area (Å²) in [6.45, 7) is 3.67. The molecule has 10 heteroatoms. The van der Waals surface area contributed by atoms with Gasteiger partial charge in [-0.1, -0.05) is 13.0 Å². The highest BCUT2D eigenvalue weighted by Gasteiger charge is 2.36. The second kappa shape index (κ2) is 10.7. The first-order valence-corrected chi connectivity index (χ1v) is 8.59. The average molecular weight is 515 g/mol. The molecule has 1 aromatic carbocycles. The average Bonchev–Trinajstić information content (AvgIpc) is 3.02. The fourth-order valence-corrected chi connectivity index (χ4v) is 3.02. The maximum atomic E-state index is 12.7. The molecule has 1 saturated heterocycles. The van der Waals surface area contributed by atoms with Crippen LogP contribution in [0.3, 0.4) is 0 Å². The van der Waals surface area contributed by atoms with Crippen LogP contribution in [0.15, 0.2) is 29.3 Å². The zero-order valence-electron chi connectivity index (χ0n) is 16.0. The van der Waals surface area contributed by atoms with Gasteiger partial charge < -0.3 is 19.7 Å². The minimum absolute atomic E-state index is 0. The normalized spacial score (nSPS) is 19.8. The molecular weight excluding hydrogens is 490 g/mol. The number of halogens is 4. The van der Waals surface area contributed by atoms with Crippen LogP contribution in [0.25, 0.3) is 0 Å². The molecule has 2 atom stereocenters. The molecule has 0 aliphatic carbocycles. The monoisotopic (exact) mass is 515 g/mol. The summed E-state index contributed by atoms with van der Waals surface area (Å²) in [5, 5.41) is 3.10. The van der Waals surface area contributed by atoms with E-state index in [1.165, 1.54) is 19.2 Å². The number of ether oxygens (including phenoxy) is 2. The minimum atomic E-state index is -4.40. The smallest absolute Gasteiger partial charge is 0.416 e. The molecule has 2 rings (SSSR count). The van der Waals surface area contributed by atoms with Gasteiger partial charge in [-0.2, -0.15) is 13.2 Å². The van der Waals surface area contributed by atoms with E-state index in [0.29, 0.717) is 25.6 Å². The van der Waals surface area contributed by atoms with Crippen molar-refractivity contribution in [1.29, 1.82) is 0 Å². The Bertz CT molecular complexity index is 686. The van der Waals surface area contributed by atoms with E-state index < -0.39 is 11.7 Å². The van der Waals surface area contributed by atoms with E-state index in [0.717, 1.165) is 12.1 Å². The number of nitrogens with zero attached hydrogens (tertiary/aromatic N) is 2. The third-order valence-corrected chi connectivity index (χ3v) is 4.44. The summed E-state index contributed by atoms with van der Waals surface area (Å²) in [5.74, 6) is 0.448. The first kappa shape index (κ1) is 24.3. The third-order valence-electron chi connectivity index (χ3n) is 4.44. The molecule has 6 nitrogen and oxygen atoms in total. The number of methoxy groups -OCH3 is 1. The Morgan fingerprint density at radius 2 is 2.07 bits per heavy atom. The van der Waals surface area contributed by atoms with Gasteiger partial charge in [0, 0.05) is 20.1 Å². The number of likely N-dealkylation sites (tertiary alicyclic amines) is 1. The van der Waals surface area contributed by atoms with E-state index in [-0.39, 0.29) is 54.1 Å². The number of alkyl halides is 3. The van der Waals surface area contributed by atoms with E-state index in [4.69, 9.17) is 9.47 Å². The molecule has 0 spiro atoms. The molecule has 1 N–H and O–H groups in total. The SMILES string of the molecule is CN=C(NCCOc1cccc(C(F)(F)F)c1)N1CC(C)C(C(=O)OC)C1.I. The van der Waals surface area contributed by atoms with E-state index in [1.54, 1.807) is 7.05 Å². The number of guanidine groups is 1. The Labute approximate surface area is 179 Å². The number of carbonyl (C=O) groups is 1. The van der Waals surface area contributed by atoms with Gasteiger partial charge in [0.25, 0.3) is 0 Å². The van der Waals surface area contributed by atoms with Crippen LogP contribution >= 0.6 is 24.0 Å². The van der Waals surface area contributed by atoms with Gasteiger partial charge in [-0.05, 0) is 24.1 Å². The lowest BCUT2D eigenvalue weighted by Gasteiger charge is -2.21. The first-order chi connectivity index (χ1) is 12.8. The number of rotatable bonds is 5. The van der Waals surface area contributed by atoms with E-state index in [9.17, 15) is 18.0 Å². The van der Waals surface area contributed by atoms with Crippen molar-refractivity contribution in [3.63, 3.8) is 0 Å². The standard InChI is InChI=1S/C18H24F3N3O3.HI/c1-12-10-24(11-15(12)16(25)26-3)17(22-2)23-7-8-27-14-6-4-5-13(9-14)18(19,20)21;/h4-6,9,12,15H,7-8,10-11H2,1-3H3,(H,22,23);1H. The molecule has 1 aliphatic rings. The number of benzene rings is 1. The summed E-state index contributed by atoms with van der Waals surface area (Å²) in [4.78, 5) is 17.9. The Hall–Kier alpha value is -1.72. The van der Waals surface area contributed by atoms with Crippen LogP contribution in [0.4, 0.5) is 13.2 Å². The van der Waals surface area contributed by atoms with Gasteiger partial charge in [0.05, 0.1) is 25.1 Å². The van der Waals surface area contributed by atoms with Crippen molar-refractivity contribution in [3.05, 3.63) is 29.8 Å². The molecule has 0 bridgehead atoms. The molecule has 0 amide bonds. The number of esters is 1. The van der Waals surface area contributed by atoms with Crippen LogP contribution in [0, 0.1) is 11.8 Å². The highest BCUT2D eigenvalue weighted by Crippen LogP contribution is 2.31. The first-order valence-electron chi connectivity index (χ1n) is 8.59. The molecule has 28 heavy (non-hydrogen) atoms. The molecule has 0 aromatic heterocycles. The maximum Gasteiger partial charge on any atom is 0.416 e. The lowest BCUT2D eigenvalue weighted by Crippen LogP contribution is -2.42. The second-order valence-corrected chi connectivity index (χ2v) is 6.36. The van der Waals surface area contributed by atoms with Crippen molar-refractivity contribution in [3.8, 4) is 5.75 Å². The number of hydrogen-bond donors (Lipinski definition) is 1. The van der Waals surface area contributed by atoms with Gasteiger partial charge >= 0.3 is 12.1 Å². The lowest BCUT2D eigenvalue weighted by molar-refractivity contribution is -0.146. The Kier molecular flexibility index (Phi) is 9.31. The molecule has 0 saturated carbocycles. The second-order valence-electron chi connectivity index (χ2n) is 6.36. The van der Waals surface area contributed by atoms with Crippen molar-refractivity contribution < 1.29 is 27.4 Å². The molecule has 1 aromatic rings. The van der Waals surface area contributed by atoms with Crippen molar-refractivity contribution in [1.82, 2.24) is 10.2 Å². The maximum absolute atomic E-state index is 12.7. The Morgan fingerprint density at radius 3 is 2.68 bits per heavy atom. The van der Waals surface area contributed by atoms with E-state index in [1.807, 2.05) is 11.8 Å². The molecule has 2 unspecified atom stereocenters. The summed E-state index contributed by atoms with van der Waals surface area (Å²) in [6.07, 6.45) is -4.40. The van der Waals surface area contributed by atoms with Crippen molar-refractivity contribution in [2.75, 3.05) is 40.4 Å². The highest BCUT2D eigenvalue weighted by molar-refractivity contribution is 14.0. The predicted octanol–water partition coefficient (Wildman–Crippen LogP) is 3.02. The summed E-state index contributed by atoms with van der Waals surface area (Å²) in [5.41, 5.74) is -0.747.